The lowest BCUT2D eigenvalue weighted by atomic mass is 9.71. The Morgan fingerprint density at radius 2 is 2.32 bits per heavy atom. The first kappa shape index (κ1) is 14.3. The van der Waals surface area contributed by atoms with Gasteiger partial charge in [-0.2, -0.15) is 0 Å². The van der Waals surface area contributed by atoms with Crippen molar-refractivity contribution in [3.8, 4) is 0 Å². The number of carbonyl (C=O) groups excluding carboxylic acids is 2. The van der Waals surface area contributed by atoms with Gasteiger partial charge < -0.3 is 9.47 Å². The van der Waals surface area contributed by atoms with Crippen molar-refractivity contribution in [1.29, 1.82) is 0 Å². The molecule has 0 N–H and O–H groups in total. The summed E-state index contributed by atoms with van der Waals surface area (Å²) in [6.45, 7) is 0.533. The molecule has 1 aliphatic heterocycles. The highest BCUT2D eigenvalue weighted by Gasteiger charge is 2.63. The molecule has 1 heterocycles. The summed E-state index contributed by atoms with van der Waals surface area (Å²) in [5.74, 6) is 0.532. The normalized spacial score (nSPS) is 41.6. The van der Waals surface area contributed by atoms with E-state index in [0.29, 0.717) is 12.5 Å². The molecule has 6 heteroatoms. The highest BCUT2D eigenvalue weighted by atomic mass is 127. The number of halogens is 2. The predicted octanol–water partition coefficient (Wildman–Crippen LogP) is 2.50. The molecule has 2 bridgehead atoms. The highest BCUT2D eigenvalue weighted by molar-refractivity contribution is 14.1. The van der Waals surface area contributed by atoms with Crippen LogP contribution in [0.1, 0.15) is 25.7 Å². The van der Waals surface area contributed by atoms with Crippen molar-refractivity contribution in [1.82, 2.24) is 0 Å². The Morgan fingerprint density at radius 3 is 2.89 bits per heavy atom. The Morgan fingerprint density at radius 1 is 1.53 bits per heavy atom. The fourth-order valence-corrected chi connectivity index (χ4v) is 4.53. The number of carbonyl (C=O) groups is 2. The molecular weight excluding hydrogens is 474 g/mol. The zero-order valence-corrected chi connectivity index (χ0v) is 14.8. The molecule has 0 aromatic rings. The van der Waals surface area contributed by atoms with E-state index in [1.54, 1.807) is 0 Å². The van der Waals surface area contributed by atoms with Crippen LogP contribution in [0.4, 0.5) is 0 Å². The van der Waals surface area contributed by atoms with Gasteiger partial charge in [-0.3, -0.25) is 9.59 Å². The van der Waals surface area contributed by atoms with Crippen molar-refractivity contribution in [2.45, 2.75) is 35.7 Å². The first-order valence-corrected chi connectivity index (χ1v) is 9.41. The molecule has 3 fully saturated rings. The maximum Gasteiger partial charge on any atom is 0.319 e. The molecule has 0 aromatic carbocycles. The summed E-state index contributed by atoms with van der Waals surface area (Å²) >= 11 is 4.31. The van der Waals surface area contributed by atoms with Crippen LogP contribution < -0.4 is 0 Å². The van der Waals surface area contributed by atoms with Crippen molar-refractivity contribution in [2.24, 2.45) is 17.3 Å². The lowest BCUT2D eigenvalue weighted by Gasteiger charge is -2.35. The van der Waals surface area contributed by atoms with Crippen LogP contribution in [0, 0.1) is 17.3 Å². The van der Waals surface area contributed by atoms with Crippen LogP contribution >= 0.6 is 45.2 Å². The third-order valence-corrected chi connectivity index (χ3v) is 8.33. The second-order valence-electron chi connectivity index (χ2n) is 5.79. The van der Waals surface area contributed by atoms with Crippen LogP contribution in [0.15, 0.2) is 0 Å². The van der Waals surface area contributed by atoms with Crippen molar-refractivity contribution in [3.63, 3.8) is 0 Å². The number of cyclic esters (lactones) is 1. The summed E-state index contributed by atoms with van der Waals surface area (Å²) in [5, 5.41) is 0. The van der Waals surface area contributed by atoms with E-state index in [1.165, 1.54) is 0 Å². The fourth-order valence-electron chi connectivity index (χ4n) is 4.02. The van der Waals surface area contributed by atoms with Gasteiger partial charge in [0.15, 0.2) is 0 Å². The molecule has 3 rings (SSSR count). The zero-order valence-electron chi connectivity index (χ0n) is 10.4. The minimum Gasteiger partial charge on any atom is -0.465 e. The van der Waals surface area contributed by atoms with E-state index in [2.05, 4.69) is 45.2 Å². The highest BCUT2D eigenvalue weighted by Crippen LogP contribution is 2.60. The number of esters is 2. The van der Waals surface area contributed by atoms with Gasteiger partial charge in [-0.05, 0) is 31.6 Å². The molecule has 106 valence electrons. The standard InChI is InChI=1S/C13H16I2O4/c14-6-9(15)11(16)19-10-4-7-3-8(10)13(5-7)1-2-18-12(13)17/h7-10H,1-6H2. The van der Waals surface area contributed by atoms with E-state index >= 15 is 0 Å². The Hall–Kier alpha value is 0.400. The zero-order chi connectivity index (χ0) is 13.6. The number of rotatable bonds is 3. The van der Waals surface area contributed by atoms with Crippen LogP contribution in [0.5, 0.6) is 0 Å². The number of alkyl halides is 2. The lowest BCUT2D eigenvalue weighted by Crippen LogP contribution is -2.42. The van der Waals surface area contributed by atoms with E-state index in [0.717, 1.165) is 30.1 Å². The maximum absolute atomic E-state index is 12.0. The molecule has 4 nitrogen and oxygen atoms in total. The number of hydrogen-bond donors (Lipinski definition) is 0. The molecule has 0 aromatic heterocycles. The number of ether oxygens (including phenoxy) is 2. The molecule has 0 radical (unpaired) electrons. The Labute approximate surface area is 139 Å². The summed E-state index contributed by atoms with van der Waals surface area (Å²) < 4.78 is 11.5. The van der Waals surface area contributed by atoms with E-state index in [-0.39, 0.29) is 33.3 Å². The predicted molar refractivity (Wildman–Crippen MR) is 85.4 cm³/mol. The van der Waals surface area contributed by atoms with Crippen LogP contribution in [0.25, 0.3) is 0 Å². The van der Waals surface area contributed by atoms with Crippen LogP contribution in [0.3, 0.4) is 0 Å². The molecule has 0 amide bonds. The summed E-state index contributed by atoms with van der Waals surface area (Å²) in [5.41, 5.74) is -0.334. The third kappa shape index (κ3) is 2.30. The van der Waals surface area contributed by atoms with E-state index in [1.807, 2.05) is 0 Å². The van der Waals surface area contributed by atoms with Gasteiger partial charge in [-0.1, -0.05) is 45.2 Å². The SMILES string of the molecule is O=C(OC1CC2CC1C1(CCOC1=O)C2)C(I)CI. The monoisotopic (exact) mass is 490 g/mol. The third-order valence-electron chi connectivity index (χ3n) is 4.81. The van der Waals surface area contributed by atoms with Gasteiger partial charge in [0.25, 0.3) is 0 Å². The largest absolute Gasteiger partial charge is 0.465 e. The maximum atomic E-state index is 12.0. The Kier molecular flexibility index (Phi) is 4.01. The number of fused-ring (bicyclic) bond motifs is 3. The van der Waals surface area contributed by atoms with E-state index in [4.69, 9.17) is 9.47 Å². The van der Waals surface area contributed by atoms with Crippen LogP contribution in [0.2, 0.25) is 0 Å². The minimum absolute atomic E-state index is 0.0549. The van der Waals surface area contributed by atoms with Gasteiger partial charge >= 0.3 is 11.9 Å². The van der Waals surface area contributed by atoms with Crippen molar-refractivity contribution < 1.29 is 19.1 Å². The first-order valence-electron chi connectivity index (χ1n) is 6.64. The molecule has 5 atom stereocenters. The molecule has 2 aliphatic carbocycles. The quantitative estimate of drug-likeness (QED) is 0.347. The van der Waals surface area contributed by atoms with Gasteiger partial charge in [-0.15, -0.1) is 0 Å². The van der Waals surface area contributed by atoms with Gasteiger partial charge in [0.1, 0.15) is 10.0 Å². The summed E-state index contributed by atoms with van der Waals surface area (Å²) in [7, 11) is 0. The second kappa shape index (κ2) is 5.31. The van der Waals surface area contributed by atoms with Crippen molar-refractivity contribution in [2.75, 3.05) is 11.0 Å². The van der Waals surface area contributed by atoms with Gasteiger partial charge in [0, 0.05) is 10.3 Å². The average Bonchev–Trinajstić information content (AvgIpc) is 3.05. The van der Waals surface area contributed by atoms with Crippen LogP contribution in [-0.4, -0.2) is 33.0 Å². The molecule has 1 saturated heterocycles. The lowest BCUT2D eigenvalue weighted by molar-refractivity contribution is -0.161. The van der Waals surface area contributed by atoms with E-state index in [9.17, 15) is 9.59 Å². The second-order valence-corrected chi connectivity index (χ2v) is 8.17. The van der Waals surface area contributed by atoms with Crippen molar-refractivity contribution >= 4 is 57.1 Å². The minimum atomic E-state index is -0.334. The number of hydrogen-bond acceptors (Lipinski definition) is 4. The summed E-state index contributed by atoms with van der Waals surface area (Å²) in [6.07, 6.45) is 3.61. The molecule has 3 aliphatic rings. The Balaban J connectivity index is 1.72. The summed E-state index contributed by atoms with van der Waals surface area (Å²) in [4.78, 5) is 24.0. The molecule has 19 heavy (non-hydrogen) atoms. The Bertz CT molecular complexity index is 413. The fraction of sp³-hybridized carbons (Fsp3) is 0.846. The molecule has 2 saturated carbocycles. The smallest absolute Gasteiger partial charge is 0.319 e. The van der Waals surface area contributed by atoms with E-state index < -0.39 is 0 Å². The average molecular weight is 490 g/mol. The molecule has 1 spiro atoms. The first-order chi connectivity index (χ1) is 9.06. The van der Waals surface area contributed by atoms with Crippen molar-refractivity contribution in [3.05, 3.63) is 0 Å². The molecule has 5 unspecified atom stereocenters. The van der Waals surface area contributed by atoms with Gasteiger partial charge in [-0.25, -0.2) is 0 Å². The topological polar surface area (TPSA) is 52.6 Å². The van der Waals surface area contributed by atoms with Gasteiger partial charge in [0.05, 0.1) is 12.0 Å². The van der Waals surface area contributed by atoms with Crippen LogP contribution in [-0.2, 0) is 19.1 Å². The molecular formula is C13H16I2O4. The summed E-state index contributed by atoms with van der Waals surface area (Å²) in [6, 6.07) is 0. The van der Waals surface area contributed by atoms with Gasteiger partial charge in [0.2, 0.25) is 0 Å².